The third-order valence-electron chi connectivity index (χ3n) is 8.51. The molecule has 0 aliphatic heterocycles. The maximum atomic E-state index is 6.99. The summed E-state index contributed by atoms with van der Waals surface area (Å²) in [5, 5.41) is 0. The fourth-order valence-corrected chi connectivity index (χ4v) is 15.4. The molecule has 0 atom stereocenters. The summed E-state index contributed by atoms with van der Waals surface area (Å²) in [6, 6.07) is 21.5. The van der Waals surface area contributed by atoms with Crippen LogP contribution in [0.2, 0.25) is 8.87 Å². The summed E-state index contributed by atoms with van der Waals surface area (Å²) in [5.41, 5.74) is 2.56. The molecular formula is C38H64O2Sn. The van der Waals surface area contributed by atoms with Crippen LogP contribution in [-0.4, -0.2) is 19.2 Å². The van der Waals surface area contributed by atoms with Crippen LogP contribution in [0.4, 0.5) is 0 Å². The normalized spacial score (nSPS) is 11.8. The zero-order valence-corrected chi connectivity index (χ0v) is 29.9. The molecule has 0 saturated carbocycles. The Bertz CT molecular complexity index is 740. The number of hydrogen-bond acceptors (Lipinski definition) is 2. The van der Waals surface area contributed by atoms with Crippen molar-refractivity contribution in [1.29, 1.82) is 0 Å². The van der Waals surface area contributed by atoms with Crippen molar-refractivity contribution in [2.24, 2.45) is 0 Å². The van der Waals surface area contributed by atoms with E-state index in [1.807, 2.05) is 0 Å². The number of rotatable bonds is 28. The molecule has 0 saturated heterocycles. The maximum absolute atomic E-state index is 6.99. The predicted molar refractivity (Wildman–Crippen MR) is 182 cm³/mol. The molecule has 0 aliphatic carbocycles. The van der Waals surface area contributed by atoms with Gasteiger partial charge in [-0.25, -0.2) is 0 Å². The van der Waals surface area contributed by atoms with Crippen molar-refractivity contribution in [3.63, 3.8) is 0 Å². The molecule has 0 heterocycles. The molecule has 0 radical (unpaired) electrons. The Morgan fingerprint density at radius 1 is 0.390 bits per heavy atom. The number of unbranched alkanes of at least 4 members (excludes halogenated alkanes) is 18. The van der Waals surface area contributed by atoms with E-state index in [1.54, 1.807) is 0 Å². The third-order valence-corrected chi connectivity index (χ3v) is 18.7. The second-order valence-electron chi connectivity index (χ2n) is 12.3. The Morgan fingerprint density at radius 3 is 1.00 bits per heavy atom. The van der Waals surface area contributed by atoms with Gasteiger partial charge in [-0.2, -0.15) is 0 Å². The fourth-order valence-electron chi connectivity index (χ4n) is 5.80. The van der Waals surface area contributed by atoms with Gasteiger partial charge in [-0.1, -0.05) is 0 Å². The van der Waals surface area contributed by atoms with Crippen LogP contribution in [0, 0.1) is 0 Å². The minimum atomic E-state index is -3.28. The van der Waals surface area contributed by atoms with E-state index in [0.29, 0.717) is 13.2 Å². The molecule has 0 bridgehead atoms. The average Bonchev–Trinajstić information content (AvgIpc) is 3.01. The third kappa shape index (κ3) is 19.1. The van der Waals surface area contributed by atoms with Gasteiger partial charge in [-0.15, -0.1) is 0 Å². The van der Waals surface area contributed by atoms with E-state index in [1.165, 1.54) is 148 Å². The average molecular weight is 672 g/mol. The summed E-state index contributed by atoms with van der Waals surface area (Å²) < 4.78 is 16.4. The minimum absolute atomic E-state index is 0.710. The van der Waals surface area contributed by atoms with Crippen LogP contribution in [0.25, 0.3) is 0 Å². The van der Waals surface area contributed by atoms with Crippen LogP contribution in [0.15, 0.2) is 60.7 Å². The molecule has 0 spiro atoms. The van der Waals surface area contributed by atoms with E-state index >= 15 is 0 Å². The van der Waals surface area contributed by atoms with E-state index in [4.69, 9.17) is 6.15 Å². The van der Waals surface area contributed by atoms with Crippen molar-refractivity contribution in [3.05, 3.63) is 71.8 Å². The van der Waals surface area contributed by atoms with E-state index in [-0.39, 0.29) is 0 Å². The summed E-state index contributed by atoms with van der Waals surface area (Å²) in [4.78, 5) is 0. The van der Waals surface area contributed by atoms with Gasteiger partial charge in [0.2, 0.25) is 0 Å². The molecule has 0 aliphatic rings. The first-order valence-electron chi connectivity index (χ1n) is 17.6. The molecule has 2 aromatic carbocycles. The van der Waals surface area contributed by atoms with Gasteiger partial charge in [0, 0.05) is 0 Å². The van der Waals surface area contributed by atoms with E-state index < -0.39 is 19.2 Å². The molecular weight excluding hydrogens is 607 g/mol. The first-order chi connectivity index (χ1) is 20.3. The van der Waals surface area contributed by atoms with E-state index in [0.717, 1.165) is 0 Å². The Hall–Kier alpha value is -0.841. The molecule has 0 amide bonds. The van der Waals surface area contributed by atoms with Crippen molar-refractivity contribution < 1.29 is 6.15 Å². The van der Waals surface area contributed by atoms with E-state index in [9.17, 15) is 0 Å². The van der Waals surface area contributed by atoms with Crippen LogP contribution in [0.3, 0.4) is 0 Å². The summed E-state index contributed by atoms with van der Waals surface area (Å²) in [6.45, 7) is 6.02. The standard InChI is InChI=1S/2C12H25.2C7H7O.Sn/c2*1-3-5-7-9-11-12-10-8-6-4-2;2*8-6-7-4-2-1-3-5-7;/h2*1,3-12H2,2H3;2*1-5H,6H2;/q;;2*-1;+2. The van der Waals surface area contributed by atoms with Crippen LogP contribution >= 0.6 is 0 Å². The summed E-state index contributed by atoms with van der Waals surface area (Å²) in [6.07, 6.45) is 27.5. The second kappa shape index (κ2) is 25.6. The Labute approximate surface area is 260 Å². The van der Waals surface area contributed by atoms with Crippen LogP contribution in [-0.2, 0) is 19.4 Å². The molecule has 2 rings (SSSR count). The van der Waals surface area contributed by atoms with Crippen molar-refractivity contribution in [2.75, 3.05) is 0 Å². The Morgan fingerprint density at radius 2 is 0.683 bits per heavy atom. The van der Waals surface area contributed by atoms with Gasteiger partial charge in [0.15, 0.2) is 0 Å². The number of benzene rings is 2. The molecule has 0 N–H and O–H groups in total. The van der Waals surface area contributed by atoms with Crippen LogP contribution < -0.4 is 0 Å². The Kier molecular flexibility index (Phi) is 22.7. The SMILES string of the molecule is CCCCCCCCCCC[CH2][Sn]([CH2]CCCCCCCCCCC)([O]Cc1ccccc1)[O]Cc1ccccc1. The Balaban J connectivity index is 1.88. The molecule has 2 nitrogen and oxygen atoms in total. The fraction of sp³-hybridized carbons (Fsp3) is 0.684. The van der Waals surface area contributed by atoms with Crippen molar-refractivity contribution in [1.82, 2.24) is 0 Å². The van der Waals surface area contributed by atoms with Crippen molar-refractivity contribution in [3.8, 4) is 0 Å². The second-order valence-corrected chi connectivity index (χ2v) is 22.0. The monoisotopic (exact) mass is 672 g/mol. The first-order valence-corrected chi connectivity index (χ1v) is 24.0. The van der Waals surface area contributed by atoms with Gasteiger partial charge >= 0.3 is 261 Å². The molecule has 0 aromatic heterocycles. The molecule has 0 unspecified atom stereocenters. The van der Waals surface area contributed by atoms with Crippen LogP contribution in [0.1, 0.15) is 153 Å². The molecule has 232 valence electrons. The van der Waals surface area contributed by atoms with Crippen LogP contribution in [0.5, 0.6) is 0 Å². The van der Waals surface area contributed by atoms with Gasteiger partial charge in [0.05, 0.1) is 0 Å². The van der Waals surface area contributed by atoms with Crippen molar-refractivity contribution in [2.45, 2.75) is 164 Å². The predicted octanol–water partition coefficient (Wildman–Crippen LogP) is 12.7. The molecule has 2 aromatic rings. The molecule has 41 heavy (non-hydrogen) atoms. The van der Waals surface area contributed by atoms with Gasteiger partial charge in [-0.3, -0.25) is 0 Å². The summed E-state index contributed by atoms with van der Waals surface area (Å²) in [7, 11) is 0. The van der Waals surface area contributed by atoms with Gasteiger partial charge < -0.3 is 0 Å². The molecule has 0 fully saturated rings. The van der Waals surface area contributed by atoms with Gasteiger partial charge in [0.25, 0.3) is 0 Å². The summed E-state index contributed by atoms with van der Waals surface area (Å²) >= 11 is -3.28. The van der Waals surface area contributed by atoms with Crippen molar-refractivity contribution >= 4 is 19.2 Å². The zero-order chi connectivity index (χ0) is 29.1. The number of hydrogen-bond donors (Lipinski definition) is 0. The molecule has 3 heteroatoms. The van der Waals surface area contributed by atoms with Gasteiger partial charge in [0.1, 0.15) is 0 Å². The zero-order valence-electron chi connectivity index (χ0n) is 27.1. The quantitative estimate of drug-likeness (QED) is 0.0662. The summed E-state index contributed by atoms with van der Waals surface area (Å²) in [5.74, 6) is 0. The first kappa shape index (κ1) is 36.4. The van der Waals surface area contributed by atoms with Gasteiger partial charge in [-0.05, 0) is 0 Å². The van der Waals surface area contributed by atoms with E-state index in [2.05, 4.69) is 74.5 Å². The topological polar surface area (TPSA) is 18.5 Å².